The van der Waals surface area contributed by atoms with Crippen LogP contribution >= 0.6 is 0 Å². The first kappa shape index (κ1) is 15.7. The highest BCUT2D eigenvalue weighted by Gasteiger charge is 2.31. The zero-order valence-corrected chi connectivity index (χ0v) is 14.1. The quantitative estimate of drug-likeness (QED) is 0.840. The number of fused-ring (bicyclic) bond motifs is 1. The SMILES string of the molecule is Cn1ccc(C(=O)N2CCCC2c2ccc3c(c2)OCCO3)cc1=O. The van der Waals surface area contributed by atoms with Crippen molar-refractivity contribution in [3.63, 3.8) is 0 Å². The number of aromatic nitrogens is 1. The Morgan fingerprint density at radius 2 is 1.92 bits per heavy atom. The molecule has 4 rings (SSSR count). The number of aryl methyl sites for hydroxylation is 1. The largest absolute Gasteiger partial charge is 0.486 e. The zero-order chi connectivity index (χ0) is 17.4. The first-order valence-electron chi connectivity index (χ1n) is 8.51. The molecule has 0 spiro atoms. The van der Waals surface area contributed by atoms with Gasteiger partial charge < -0.3 is 18.9 Å². The van der Waals surface area contributed by atoms with Gasteiger partial charge in [0, 0.05) is 31.4 Å². The van der Waals surface area contributed by atoms with E-state index in [4.69, 9.17) is 9.47 Å². The van der Waals surface area contributed by atoms with Crippen LogP contribution in [0.1, 0.15) is 34.8 Å². The van der Waals surface area contributed by atoms with Gasteiger partial charge in [0.15, 0.2) is 11.5 Å². The predicted molar refractivity (Wildman–Crippen MR) is 92.1 cm³/mol. The van der Waals surface area contributed by atoms with E-state index >= 15 is 0 Å². The van der Waals surface area contributed by atoms with Crippen molar-refractivity contribution in [2.75, 3.05) is 19.8 Å². The van der Waals surface area contributed by atoms with Crippen LogP contribution in [0.3, 0.4) is 0 Å². The van der Waals surface area contributed by atoms with Gasteiger partial charge in [0.05, 0.1) is 6.04 Å². The molecule has 6 heteroatoms. The molecule has 0 radical (unpaired) electrons. The lowest BCUT2D eigenvalue weighted by atomic mass is 10.0. The Morgan fingerprint density at radius 1 is 1.12 bits per heavy atom. The number of benzene rings is 1. The molecule has 1 fully saturated rings. The Kier molecular flexibility index (Phi) is 3.95. The van der Waals surface area contributed by atoms with Crippen LogP contribution in [-0.4, -0.2) is 35.1 Å². The monoisotopic (exact) mass is 340 g/mol. The van der Waals surface area contributed by atoms with E-state index in [1.165, 1.54) is 10.6 Å². The van der Waals surface area contributed by atoms with Crippen molar-refractivity contribution in [3.05, 3.63) is 58.0 Å². The maximum Gasteiger partial charge on any atom is 0.254 e. The third-order valence-corrected chi connectivity index (χ3v) is 4.82. The van der Waals surface area contributed by atoms with Gasteiger partial charge >= 0.3 is 0 Å². The first-order chi connectivity index (χ1) is 12.1. The standard InChI is InChI=1S/C19H20N2O4/c1-20-8-6-14(12-18(20)22)19(23)21-7-2-3-15(21)13-4-5-16-17(11-13)25-10-9-24-16/h4-6,8,11-12,15H,2-3,7,9-10H2,1H3. The van der Waals surface area contributed by atoms with Crippen molar-refractivity contribution >= 4 is 5.91 Å². The Hall–Kier alpha value is -2.76. The van der Waals surface area contributed by atoms with Crippen molar-refractivity contribution in [2.45, 2.75) is 18.9 Å². The van der Waals surface area contributed by atoms with Gasteiger partial charge in [-0.05, 0) is 36.6 Å². The second-order valence-corrected chi connectivity index (χ2v) is 6.42. The molecule has 1 aromatic carbocycles. The van der Waals surface area contributed by atoms with Gasteiger partial charge in [0.2, 0.25) is 0 Å². The first-order valence-corrected chi connectivity index (χ1v) is 8.51. The number of likely N-dealkylation sites (tertiary alicyclic amines) is 1. The summed E-state index contributed by atoms with van der Waals surface area (Å²) in [5, 5.41) is 0. The molecule has 2 aliphatic rings. The molecule has 1 saturated heterocycles. The third kappa shape index (κ3) is 2.88. The summed E-state index contributed by atoms with van der Waals surface area (Å²) in [6.07, 6.45) is 3.47. The number of rotatable bonds is 2. The molecule has 130 valence electrons. The van der Waals surface area contributed by atoms with Crippen LogP contribution in [0, 0.1) is 0 Å². The van der Waals surface area contributed by atoms with E-state index in [0.717, 1.165) is 29.9 Å². The summed E-state index contributed by atoms with van der Waals surface area (Å²) in [6.45, 7) is 1.79. The smallest absolute Gasteiger partial charge is 0.254 e. The molecule has 0 N–H and O–H groups in total. The van der Waals surface area contributed by atoms with Crippen LogP contribution in [-0.2, 0) is 7.05 Å². The zero-order valence-electron chi connectivity index (χ0n) is 14.1. The van der Waals surface area contributed by atoms with Gasteiger partial charge in [-0.2, -0.15) is 0 Å². The minimum absolute atomic E-state index is 0.00705. The lowest BCUT2D eigenvalue weighted by Crippen LogP contribution is -2.32. The average Bonchev–Trinajstić information content (AvgIpc) is 3.12. The summed E-state index contributed by atoms with van der Waals surface area (Å²) in [4.78, 5) is 26.6. The highest BCUT2D eigenvalue weighted by molar-refractivity contribution is 5.94. The topological polar surface area (TPSA) is 60.8 Å². The Labute approximate surface area is 145 Å². The summed E-state index contributed by atoms with van der Waals surface area (Å²) in [5.74, 6) is 1.38. The molecule has 0 bridgehead atoms. The molecule has 0 aliphatic carbocycles. The van der Waals surface area contributed by atoms with Crippen molar-refractivity contribution in [2.24, 2.45) is 7.05 Å². The Morgan fingerprint density at radius 3 is 2.72 bits per heavy atom. The summed E-state index contributed by atoms with van der Waals surface area (Å²) in [5.41, 5.74) is 1.30. The molecule has 1 amide bonds. The fraction of sp³-hybridized carbons (Fsp3) is 0.368. The molecular weight excluding hydrogens is 320 g/mol. The van der Waals surface area contributed by atoms with Gasteiger partial charge in [-0.1, -0.05) is 6.07 Å². The van der Waals surface area contributed by atoms with Gasteiger partial charge in [-0.3, -0.25) is 9.59 Å². The number of amides is 1. The Balaban J connectivity index is 1.63. The average molecular weight is 340 g/mol. The van der Waals surface area contributed by atoms with Crippen LogP contribution in [0.2, 0.25) is 0 Å². The third-order valence-electron chi connectivity index (χ3n) is 4.82. The van der Waals surface area contributed by atoms with E-state index in [2.05, 4.69) is 0 Å². The fourth-order valence-corrected chi connectivity index (χ4v) is 3.47. The van der Waals surface area contributed by atoms with Gasteiger partial charge in [-0.25, -0.2) is 0 Å². The number of nitrogens with zero attached hydrogens (tertiary/aromatic N) is 2. The van der Waals surface area contributed by atoms with Crippen molar-refractivity contribution in [1.82, 2.24) is 9.47 Å². The van der Waals surface area contributed by atoms with E-state index in [0.29, 0.717) is 25.3 Å². The second-order valence-electron chi connectivity index (χ2n) is 6.42. The Bertz CT molecular complexity index is 874. The molecule has 1 atom stereocenters. The molecule has 6 nitrogen and oxygen atoms in total. The van der Waals surface area contributed by atoms with Gasteiger partial charge in [0.25, 0.3) is 11.5 Å². The molecule has 1 aromatic heterocycles. The molecule has 2 aromatic rings. The maximum atomic E-state index is 12.9. The number of hydrogen-bond acceptors (Lipinski definition) is 4. The highest BCUT2D eigenvalue weighted by Crippen LogP contribution is 2.38. The molecule has 0 saturated carbocycles. The van der Waals surface area contributed by atoms with Gasteiger partial charge in [-0.15, -0.1) is 0 Å². The van der Waals surface area contributed by atoms with E-state index in [1.54, 1.807) is 19.3 Å². The molecular formula is C19H20N2O4. The molecule has 25 heavy (non-hydrogen) atoms. The van der Waals surface area contributed by atoms with E-state index < -0.39 is 0 Å². The van der Waals surface area contributed by atoms with Crippen molar-refractivity contribution in [1.29, 1.82) is 0 Å². The van der Waals surface area contributed by atoms with E-state index in [1.807, 2.05) is 23.1 Å². The van der Waals surface area contributed by atoms with Crippen LogP contribution in [0.4, 0.5) is 0 Å². The number of ether oxygens (including phenoxy) is 2. The molecule has 2 aliphatic heterocycles. The summed E-state index contributed by atoms with van der Waals surface area (Å²) >= 11 is 0. The normalized spacial score (nSPS) is 19.1. The lowest BCUT2D eigenvalue weighted by Gasteiger charge is -2.27. The second kappa shape index (κ2) is 6.27. The minimum atomic E-state index is -0.180. The molecule has 1 unspecified atom stereocenters. The predicted octanol–water partition coefficient (Wildman–Crippen LogP) is 2.13. The summed E-state index contributed by atoms with van der Waals surface area (Å²) in [6, 6.07) is 8.96. The number of pyridine rings is 1. The van der Waals surface area contributed by atoms with E-state index in [9.17, 15) is 9.59 Å². The summed E-state index contributed by atoms with van der Waals surface area (Å²) < 4.78 is 12.7. The summed E-state index contributed by atoms with van der Waals surface area (Å²) in [7, 11) is 1.67. The van der Waals surface area contributed by atoms with Crippen LogP contribution < -0.4 is 15.0 Å². The van der Waals surface area contributed by atoms with Crippen molar-refractivity contribution < 1.29 is 14.3 Å². The highest BCUT2D eigenvalue weighted by atomic mass is 16.6. The van der Waals surface area contributed by atoms with Crippen LogP contribution in [0.5, 0.6) is 11.5 Å². The van der Waals surface area contributed by atoms with Crippen LogP contribution in [0.15, 0.2) is 41.3 Å². The fourth-order valence-electron chi connectivity index (χ4n) is 3.47. The molecule has 3 heterocycles. The van der Waals surface area contributed by atoms with Crippen LogP contribution in [0.25, 0.3) is 0 Å². The number of hydrogen-bond donors (Lipinski definition) is 0. The van der Waals surface area contributed by atoms with Crippen molar-refractivity contribution in [3.8, 4) is 11.5 Å². The van der Waals surface area contributed by atoms with E-state index in [-0.39, 0.29) is 17.5 Å². The number of carbonyl (C=O) groups is 1. The van der Waals surface area contributed by atoms with Gasteiger partial charge in [0.1, 0.15) is 13.2 Å². The minimum Gasteiger partial charge on any atom is -0.486 e. The number of carbonyl (C=O) groups excluding carboxylic acids is 1. The lowest BCUT2D eigenvalue weighted by molar-refractivity contribution is 0.0735. The maximum absolute atomic E-state index is 12.9.